The molecule has 0 unspecified atom stereocenters. The van der Waals surface area contributed by atoms with E-state index in [-0.39, 0.29) is 22.0 Å². The Morgan fingerprint density at radius 1 is 1.07 bits per heavy atom. The quantitative estimate of drug-likeness (QED) is 0.802. The Morgan fingerprint density at radius 2 is 1.61 bits per heavy atom. The number of rotatable bonds is 4. The van der Waals surface area contributed by atoms with Gasteiger partial charge in [0.05, 0.1) is 12.1 Å². The summed E-state index contributed by atoms with van der Waals surface area (Å²) in [7, 11) is 0. The van der Waals surface area contributed by atoms with Crippen LogP contribution in [0.3, 0.4) is 0 Å². The van der Waals surface area contributed by atoms with Crippen molar-refractivity contribution < 1.29 is 36.6 Å². The first-order chi connectivity index (χ1) is 13.1. The highest BCUT2D eigenvalue weighted by molar-refractivity contribution is 6.03. The highest BCUT2D eigenvalue weighted by Crippen LogP contribution is 2.41. The van der Waals surface area contributed by atoms with Gasteiger partial charge in [-0.25, -0.2) is 8.78 Å². The fraction of sp³-hybridized carbons (Fsp3) is 0.222. The van der Waals surface area contributed by atoms with Gasteiger partial charge >= 0.3 is 6.18 Å². The third-order valence-electron chi connectivity index (χ3n) is 4.03. The Balaban J connectivity index is 1.84. The number of amides is 1. The molecule has 3 rings (SSSR count). The van der Waals surface area contributed by atoms with Crippen LogP contribution < -0.4 is 4.74 Å². The molecule has 0 radical (unpaired) electrons. The van der Waals surface area contributed by atoms with Crippen molar-refractivity contribution >= 4 is 11.6 Å². The van der Waals surface area contributed by atoms with Gasteiger partial charge in [0, 0.05) is 0 Å². The van der Waals surface area contributed by atoms with E-state index in [1.165, 1.54) is 24.3 Å². The predicted molar refractivity (Wildman–Crippen MR) is 87.3 cm³/mol. The van der Waals surface area contributed by atoms with Gasteiger partial charge in [-0.3, -0.25) is 4.79 Å². The Labute approximate surface area is 155 Å². The Bertz CT molecular complexity index is 897. The molecule has 1 amide bonds. The van der Waals surface area contributed by atoms with Crippen molar-refractivity contribution in [2.24, 2.45) is 5.10 Å². The van der Waals surface area contributed by atoms with E-state index in [1.807, 2.05) is 0 Å². The van der Waals surface area contributed by atoms with Crippen LogP contribution >= 0.6 is 0 Å². The normalized spacial score (nSPS) is 19.5. The molecule has 1 heterocycles. The van der Waals surface area contributed by atoms with Crippen molar-refractivity contribution in [3.63, 3.8) is 0 Å². The molecule has 2 aromatic carbocycles. The molecule has 0 aliphatic carbocycles. The van der Waals surface area contributed by atoms with Gasteiger partial charge in [0.25, 0.3) is 11.6 Å². The zero-order chi connectivity index (χ0) is 20.5. The highest BCUT2D eigenvalue weighted by Gasteiger charge is 2.63. The predicted octanol–water partition coefficient (Wildman–Crippen LogP) is 3.23. The van der Waals surface area contributed by atoms with E-state index in [0.29, 0.717) is 0 Å². The molecule has 0 bridgehead atoms. The van der Waals surface area contributed by atoms with Crippen molar-refractivity contribution in [3.05, 3.63) is 65.7 Å². The number of ether oxygens (including phenoxy) is 1. The van der Waals surface area contributed by atoms with Crippen LogP contribution in [0.4, 0.5) is 22.0 Å². The minimum Gasteiger partial charge on any atom is -0.484 e. The zero-order valence-corrected chi connectivity index (χ0v) is 14.1. The third kappa shape index (κ3) is 3.81. The standard InChI is InChI=1S/C18H13F5N2O3/c19-12-3-1-11(2-4-12)15-9-17(27,18(21,22)23)25(24-15)16(26)10-28-14-7-5-13(20)6-8-14/h1-8,27H,9-10H2/t17-/m1/s1. The minimum atomic E-state index is -5.20. The van der Waals surface area contributed by atoms with Crippen molar-refractivity contribution in [2.45, 2.75) is 18.3 Å². The van der Waals surface area contributed by atoms with Gasteiger partial charge in [-0.15, -0.1) is 0 Å². The molecule has 5 nitrogen and oxygen atoms in total. The van der Waals surface area contributed by atoms with E-state index in [9.17, 15) is 31.9 Å². The van der Waals surface area contributed by atoms with Gasteiger partial charge in [-0.1, -0.05) is 12.1 Å². The average Bonchev–Trinajstić information content (AvgIpc) is 3.00. The molecule has 0 saturated heterocycles. The van der Waals surface area contributed by atoms with E-state index in [4.69, 9.17) is 4.74 Å². The topological polar surface area (TPSA) is 62.1 Å². The van der Waals surface area contributed by atoms with Gasteiger partial charge in [0.2, 0.25) is 0 Å². The minimum absolute atomic E-state index is 0.0484. The van der Waals surface area contributed by atoms with Crippen LogP contribution in [-0.4, -0.2) is 40.2 Å². The summed E-state index contributed by atoms with van der Waals surface area (Å²) in [4.78, 5) is 12.3. The second-order valence-corrected chi connectivity index (χ2v) is 5.99. The van der Waals surface area contributed by atoms with E-state index in [2.05, 4.69) is 5.10 Å². The van der Waals surface area contributed by atoms with Gasteiger partial charge < -0.3 is 9.84 Å². The number of halogens is 5. The molecular weight excluding hydrogens is 387 g/mol. The van der Waals surface area contributed by atoms with Crippen LogP contribution in [-0.2, 0) is 4.79 Å². The molecule has 28 heavy (non-hydrogen) atoms. The number of hydrazone groups is 1. The molecule has 1 aliphatic rings. The fourth-order valence-electron chi connectivity index (χ4n) is 2.57. The van der Waals surface area contributed by atoms with Gasteiger partial charge in [0.1, 0.15) is 17.4 Å². The van der Waals surface area contributed by atoms with Crippen molar-refractivity contribution in [3.8, 4) is 5.75 Å². The maximum absolute atomic E-state index is 13.5. The number of nitrogens with zero attached hydrogens (tertiary/aromatic N) is 2. The molecule has 0 saturated carbocycles. The molecule has 0 fully saturated rings. The summed E-state index contributed by atoms with van der Waals surface area (Å²) in [6, 6.07) is 8.89. The summed E-state index contributed by atoms with van der Waals surface area (Å²) in [5.41, 5.74) is -3.69. The van der Waals surface area contributed by atoms with Gasteiger partial charge in [-0.05, 0) is 42.0 Å². The molecule has 0 aromatic heterocycles. The Hall–Kier alpha value is -3.01. The fourth-order valence-corrected chi connectivity index (χ4v) is 2.57. The van der Waals surface area contributed by atoms with E-state index >= 15 is 0 Å². The number of alkyl halides is 3. The van der Waals surface area contributed by atoms with Crippen LogP contribution in [0.1, 0.15) is 12.0 Å². The molecule has 10 heteroatoms. The largest absolute Gasteiger partial charge is 0.484 e. The lowest BCUT2D eigenvalue weighted by Gasteiger charge is -2.32. The summed E-state index contributed by atoms with van der Waals surface area (Å²) in [5, 5.41) is 13.7. The summed E-state index contributed by atoms with van der Waals surface area (Å²) < 4.78 is 71.3. The second kappa shape index (κ2) is 7.19. The number of hydrogen-bond acceptors (Lipinski definition) is 4. The van der Waals surface area contributed by atoms with E-state index in [1.54, 1.807) is 0 Å². The van der Waals surface area contributed by atoms with Crippen molar-refractivity contribution in [1.29, 1.82) is 0 Å². The Kier molecular flexibility index (Phi) is 5.07. The Morgan fingerprint density at radius 3 is 2.14 bits per heavy atom. The third-order valence-corrected chi connectivity index (χ3v) is 4.03. The second-order valence-electron chi connectivity index (χ2n) is 5.99. The first-order valence-corrected chi connectivity index (χ1v) is 7.94. The number of benzene rings is 2. The van der Waals surface area contributed by atoms with Gasteiger partial charge in [-0.2, -0.15) is 23.3 Å². The van der Waals surface area contributed by atoms with Crippen LogP contribution in [0.15, 0.2) is 53.6 Å². The van der Waals surface area contributed by atoms with Crippen molar-refractivity contribution in [1.82, 2.24) is 5.01 Å². The maximum atomic E-state index is 13.5. The maximum Gasteiger partial charge on any atom is 0.438 e. The molecule has 0 spiro atoms. The van der Waals surface area contributed by atoms with E-state index < -0.39 is 42.5 Å². The first kappa shape index (κ1) is 19.7. The summed E-state index contributed by atoms with van der Waals surface area (Å²) in [6.07, 6.45) is -6.23. The summed E-state index contributed by atoms with van der Waals surface area (Å²) in [5.74, 6) is -2.37. The van der Waals surface area contributed by atoms with Crippen LogP contribution in [0, 0.1) is 11.6 Å². The van der Waals surface area contributed by atoms with E-state index in [0.717, 1.165) is 24.3 Å². The van der Waals surface area contributed by atoms with Crippen LogP contribution in [0.5, 0.6) is 5.75 Å². The molecule has 2 aromatic rings. The average molecular weight is 400 g/mol. The van der Waals surface area contributed by atoms with Crippen molar-refractivity contribution in [2.75, 3.05) is 6.61 Å². The lowest BCUT2D eigenvalue weighted by molar-refractivity contribution is -0.302. The number of carbonyl (C=O) groups is 1. The molecule has 148 valence electrons. The number of aliphatic hydroxyl groups is 1. The first-order valence-electron chi connectivity index (χ1n) is 7.94. The number of carbonyl (C=O) groups excluding carboxylic acids is 1. The molecule has 1 aliphatic heterocycles. The highest BCUT2D eigenvalue weighted by atomic mass is 19.4. The lowest BCUT2D eigenvalue weighted by atomic mass is 10.0. The monoisotopic (exact) mass is 400 g/mol. The summed E-state index contributed by atoms with van der Waals surface area (Å²) in [6.45, 7) is -0.871. The number of hydrogen-bond donors (Lipinski definition) is 1. The van der Waals surface area contributed by atoms with Gasteiger partial charge in [0.15, 0.2) is 6.61 Å². The lowest BCUT2D eigenvalue weighted by Crippen LogP contribution is -2.57. The molecule has 1 atom stereocenters. The zero-order valence-electron chi connectivity index (χ0n) is 14.1. The SMILES string of the molecule is O=C(COc1ccc(F)cc1)N1N=C(c2ccc(F)cc2)C[C@@]1(O)C(F)(F)F. The molecule has 1 N–H and O–H groups in total. The van der Waals surface area contributed by atoms with Crippen LogP contribution in [0.2, 0.25) is 0 Å². The smallest absolute Gasteiger partial charge is 0.438 e. The molecular formula is C18H13F5N2O3. The van der Waals surface area contributed by atoms with Crippen LogP contribution in [0.25, 0.3) is 0 Å². The summed E-state index contributed by atoms with van der Waals surface area (Å²) >= 11 is 0.